The molecule has 30 heavy (non-hydrogen) atoms. The number of amides is 1. The molecule has 4 rings (SSSR count). The largest absolute Gasteiger partial charge is 0.493 e. The van der Waals surface area contributed by atoms with E-state index < -0.39 is 0 Å². The molecule has 2 N–H and O–H groups in total. The minimum atomic E-state index is 0.0373. The number of nitrogens with zero attached hydrogens (tertiary/aromatic N) is 4. The molecule has 1 aromatic carbocycles. The Kier molecular flexibility index (Phi) is 5.24. The third kappa shape index (κ3) is 3.42. The zero-order chi connectivity index (χ0) is 21.4. The lowest BCUT2D eigenvalue weighted by atomic mass is 9.91. The van der Waals surface area contributed by atoms with Crippen LogP contribution in [-0.2, 0) is 7.05 Å². The highest BCUT2D eigenvalue weighted by Crippen LogP contribution is 2.36. The summed E-state index contributed by atoms with van der Waals surface area (Å²) in [5, 5.41) is 5.10. The first-order valence-electron chi connectivity index (χ1n) is 10.0. The van der Waals surface area contributed by atoms with Gasteiger partial charge in [-0.3, -0.25) is 14.5 Å². The first-order chi connectivity index (χ1) is 14.4. The Bertz CT molecular complexity index is 1100. The molecule has 2 aromatic heterocycles. The first kappa shape index (κ1) is 20.0. The van der Waals surface area contributed by atoms with Gasteiger partial charge in [0.25, 0.3) is 5.91 Å². The quantitative estimate of drug-likeness (QED) is 0.712. The van der Waals surface area contributed by atoms with E-state index in [-0.39, 0.29) is 11.8 Å². The molecule has 3 aromatic rings. The van der Waals surface area contributed by atoms with Crippen molar-refractivity contribution in [1.82, 2.24) is 19.7 Å². The summed E-state index contributed by atoms with van der Waals surface area (Å²) in [4.78, 5) is 19.6. The number of aryl methyl sites for hydroxylation is 1. The Morgan fingerprint density at radius 1 is 1.13 bits per heavy atom. The summed E-state index contributed by atoms with van der Waals surface area (Å²) in [5.74, 6) is 1.54. The van der Waals surface area contributed by atoms with Crippen LogP contribution in [0.5, 0.6) is 11.5 Å². The number of carbonyl (C=O) groups excluding carboxylic acids is 1. The van der Waals surface area contributed by atoms with E-state index >= 15 is 0 Å². The van der Waals surface area contributed by atoms with Crippen LogP contribution in [-0.4, -0.2) is 52.9 Å². The molecule has 1 aliphatic heterocycles. The van der Waals surface area contributed by atoms with Crippen molar-refractivity contribution in [2.45, 2.75) is 25.7 Å². The molecule has 1 aliphatic rings. The average molecular weight is 409 g/mol. The van der Waals surface area contributed by atoms with Crippen LogP contribution in [0.4, 0.5) is 5.69 Å². The van der Waals surface area contributed by atoms with E-state index in [9.17, 15) is 4.79 Å². The molecule has 0 aliphatic carbocycles. The summed E-state index contributed by atoms with van der Waals surface area (Å²) < 4.78 is 12.5. The molecular formula is C22H27N5O3. The Labute approximate surface area is 175 Å². The number of hydrogen-bond acceptors (Lipinski definition) is 6. The summed E-state index contributed by atoms with van der Waals surface area (Å²) in [6, 6.07) is 5.70. The standard InChI is InChI=1S/C22H27N5O3/c1-13-16(12-24-26(13)2)22(28)27-7-5-14(6-8-27)21-17(23)9-15-10-19(29-3)20(30-4)11-18(15)25-21/h9-12,14H,5-8,23H2,1-4H3. The monoisotopic (exact) mass is 409 g/mol. The van der Waals surface area contributed by atoms with Gasteiger partial charge in [0.15, 0.2) is 11.5 Å². The highest BCUT2D eigenvalue weighted by atomic mass is 16.5. The van der Waals surface area contributed by atoms with Gasteiger partial charge in [-0.1, -0.05) is 0 Å². The minimum absolute atomic E-state index is 0.0373. The van der Waals surface area contributed by atoms with Crippen molar-refractivity contribution >= 4 is 22.5 Å². The van der Waals surface area contributed by atoms with Gasteiger partial charge in [-0.25, -0.2) is 0 Å². The molecule has 3 heterocycles. The van der Waals surface area contributed by atoms with E-state index in [2.05, 4.69) is 5.10 Å². The van der Waals surface area contributed by atoms with Gasteiger partial charge in [-0.05, 0) is 31.9 Å². The lowest BCUT2D eigenvalue weighted by Crippen LogP contribution is -2.38. The third-order valence-corrected chi connectivity index (χ3v) is 6.02. The number of fused-ring (bicyclic) bond motifs is 1. The molecule has 1 fully saturated rings. The van der Waals surface area contributed by atoms with Crippen molar-refractivity contribution in [3.05, 3.63) is 41.3 Å². The van der Waals surface area contributed by atoms with E-state index in [1.807, 2.05) is 37.1 Å². The Hall–Kier alpha value is -3.29. The summed E-state index contributed by atoms with van der Waals surface area (Å²) >= 11 is 0. The summed E-state index contributed by atoms with van der Waals surface area (Å²) in [6.45, 7) is 3.25. The first-order valence-corrected chi connectivity index (χ1v) is 10.0. The minimum Gasteiger partial charge on any atom is -0.493 e. The highest BCUT2D eigenvalue weighted by Gasteiger charge is 2.28. The summed E-state index contributed by atoms with van der Waals surface area (Å²) in [5.41, 5.74) is 10.3. The number of nitrogens with two attached hydrogens (primary N) is 1. The van der Waals surface area contributed by atoms with Crippen LogP contribution >= 0.6 is 0 Å². The van der Waals surface area contributed by atoms with Crippen molar-refractivity contribution in [2.75, 3.05) is 33.0 Å². The molecule has 1 saturated heterocycles. The van der Waals surface area contributed by atoms with Crippen LogP contribution < -0.4 is 15.2 Å². The number of ether oxygens (including phenoxy) is 2. The number of methoxy groups -OCH3 is 2. The number of hydrogen-bond donors (Lipinski definition) is 1. The van der Waals surface area contributed by atoms with Gasteiger partial charge in [-0.2, -0.15) is 5.10 Å². The number of carbonyl (C=O) groups is 1. The van der Waals surface area contributed by atoms with Gasteiger partial charge < -0.3 is 20.1 Å². The van der Waals surface area contributed by atoms with Crippen LogP contribution in [0, 0.1) is 6.92 Å². The summed E-state index contributed by atoms with van der Waals surface area (Å²) in [6.07, 6.45) is 3.29. The molecule has 8 nitrogen and oxygen atoms in total. The maximum atomic E-state index is 12.9. The van der Waals surface area contributed by atoms with Gasteiger partial charge in [-0.15, -0.1) is 0 Å². The number of anilines is 1. The predicted molar refractivity (Wildman–Crippen MR) is 115 cm³/mol. The third-order valence-electron chi connectivity index (χ3n) is 6.02. The van der Waals surface area contributed by atoms with Gasteiger partial charge in [0.2, 0.25) is 0 Å². The normalized spacial score (nSPS) is 14.9. The van der Waals surface area contributed by atoms with Crippen LogP contribution in [0.15, 0.2) is 24.4 Å². The molecule has 0 bridgehead atoms. The zero-order valence-electron chi connectivity index (χ0n) is 17.8. The van der Waals surface area contributed by atoms with Crippen molar-refractivity contribution in [2.24, 2.45) is 7.05 Å². The molecule has 0 unspecified atom stereocenters. The van der Waals surface area contributed by atoms with Gasteiger partial charge in [0.05, 0.1) is 42.9 Å². The van der Waals surface area contributed by atoms with Crippen LogP contribution in [0.1, 0.15) is 40.5 Å². The van der Waals surface area contributed by atoms with E-state index in [0.29, 0.717) is 35.8 Å². The number of pyridine rings is 1. The van der Waals surface area contributed by atoms with Crippen LogP contribution in [0.2, 0.25) is 0 Å². The molecular weight excluding hydrogens is 382 g/mol. The fourth-order valence-electron chi connectivity index (χ4n) is 4.09. The van der Waals surface area contributed by atoms with E-state index in [1.54, 1.807) is 25.1 Å². The molecule has 158 valence electrons. The number of likely N-dealkylation sites (tertiary alicyclic amines) is 1. The summed E-state index contributed by atoms with van der Waals surface area (Å²) in [7, 11) is 5.06. The number of piperidine rings is 1. The molecule has 0 spiro atoms. The topological polar surface area (TPSA) is 95.5 Å². The molecule has 1 amide bonds. The van der Waals surface area contributed by atoms with Crippen molar-refractivity contribution in [3.63, 3.8) is 0 Å². The second-order valence-electron chi connectivity index (χ2n) is 7.70. The van der Waals surface area contributed by atoms with Gasteiger partial charge in [0, 0.05) is 43.2 Å². The number of rotatable bonds is 4. The predicted octanol–water partition coefficient (Wildman–Crippen LogP) is 2.90. The van der Waals surface area contributed by atoms with Crippen molar-refractivity contribution in [3.8, 4) is 11.5 Å². The highest BCUT2D eigenvalue weighted by molar-refractivity contribution is 5.95. The fourth-order valence-corrected chi connectivity index (χ4v) is 4.09. The van der Waals surface area contributed by atoms with Crippen molar-refractivity contribution in [1.29, 1.82) is 0 Å². The van der Waals surface area contributed by atoms with E-state index in [1.165, 1.54) is 0 Å². The number of benzene rings is 1. The SMILES string of the molecule is COc1cc2cc(N)c(C3CCN(C(=O)c4cnn(C)c4C)CC3)nc2cc1OC. The Morgan fingerprint density at radius 3 is 2.40 bits per heavy atom. The second-order valence-corrected chi connectivity index (χ2v) is 7.70. The number of aromatic nitrogens is 3. The van der Waals surface area contributed by atoms with Crippen molar-refractivity contribution < 1.29 is 14.3 Å². The van der Waals surface area contributed by atoms with Crippen LogP contribution in [0.3, 0.4) is 0 Å². The molecule has 0 saturated carbocycles. The smallest absolute Gasteiger partial charge is 0.257 e. The van der Waals surface area contributed by atoms with E-state index in [0.717, 1.165) is 35.1 Å². The van der Waals surface area contributed by atoms with Gasteiger partial charge in [0.1, 0.15) is 0 Å². The number of nitrogen functional groups attached to an aromatic ring is 1. The van der Waals surface area contributed by atoms with Gasteiger partial charge >= 0.3 is 0 Å². The van der Waals surface area contributed by atoms with E-state index in [4.69, 9.17) is 20.2 Å². The Morgan fingerprint density at radius 2 is 1.80 bits per heavy atom. The Balaban J connectivity index is 1.55. The lowest BCUT2D eigenvalue weighted by Gasteiger charge is -2.32. The maximum Gasteiger partial charge on any atom is 0.257 e. The zero-order valence-corrected chi connectivity index (χ0v) is 17.8. The average Bonchev–Trinajstić information content (AvgIpc) is 3.10. The fraction of sp³-hybridized carbons (Fsp3) is 0.409. The van der Waals surface area contributed by atoms with Crippen LogP contribution in [0.25, 0.3) is 10.9 Å². The maximum absolute atomic E-state index is 12.9. The molecule has 0 atom stereocenters. The molecule has 0 radical (unpaired) electrons. The second kappa shape index (κ2) is 7.85. The lowest BCUT2D eigenvalue weighted by molar-refractivity contribution is 0.0711. The molecule has 8 heteroatoms.